The number of benzene rings is 2. The standard InChI is InChI=1S/C27H32FN3O5/c1-3-6-25(32)30-18-9-12-23-20(13-18)27(34)31(2)22-11-10-19(36-24(22)16-35-23)14-26(33)29-15-17-7-4-5-8-21(17)28/h4-5,7-9,12-13,19,22,24H,3,6,10-11,14-16H2,1-2H3,(H,29,33)(H,30,32)/t19-,22+,24+/m0/s1. The Kier molecular flexibility index (Phi) is 8.20. The van der Waals surface area contributed by atoms with Gasteiger partial charge in [0.05, 0.1) is 24.1 Å². The van der Waals surface area contributed by atoms with E-state index in [1.807, 2.05) is 6.92 Å². The highest BCUT2D eigenvalue weighted by atomic mass is 19.1. The molecule has 2 aromatic rings. The van der Waals surface area contributed by atoms with Crippen LogP contribution in [0.15, 0.2) is 42.5 Å². The van der Waals surface area contributed by atoms with Gasteiger partial charge in [-0.1, -0.05) is 25.1 Å². The van der Waals surface area contributed by atoms with Gasteiger partial charge in [0.15, 0.2) is 0 Å². The topological polar surface area (TPSA) is 97.0 Å². The molecule has 2 aliphatic heterocycles. The lowest BCUT2D eigenvalue weighted by molar-refractivity contribution is -0.134. The van der Waals surface area contributed by atoms with Gasteiger partial charge in [-0.2, -0.15) is 0 Å². The minimum atomic E-state index is -0.394. The fourth-order valence-electron chi connectivity index (χ4n) is 4.67. The maximum absolute atomic E-state index is 13.8. The molecule has 192 valence electrons. The van der Waals surface area contributed by atoms with Crippen LogP contribution in [0.4, 0.5) is 10.1 Å². The molecule has 2 aliphatic rings. The summed E-state index contributed by atoms with van der Waals surface area (Å²) in [7, 11) is 1.74. The second-order valence-electron chi connectivity index (χ2n) is 9.25. The largest absolute Gasteiger partial charge is 0.490 e. The molecule has 4 rings (SSSR count). The van der Waals surface area contributed by atoms with Crippen molar-refractivity contribution < 1.29 is 28.2 Å². The van der Waals surface area contributed by atoms with Gasteiger partial charge >= 0.3 is 0 Å². The second-order valence-corrected chi connectivity index (χ2v) is 9.25. The summed E-state index contributed by atoms with van der Waals surface area (Å²) in [6.07, 6.45) is 1.83. The highest BCUT2D eigenvalue weighted by molar-refractivity contribution is 5.99. The molecule has 2 heterocycles. The molecule has 0 aromatic heterocycles. The molecule has 9 heteroatoms. The Bertz CT molecular complexity index is 1120. The van der Waals surface area contributed by atoms with Crippen molar-refractivity contribution in [3.63, 3.8) is 0 Å². The van der Waals surface area contributed by atoms with Crippen LogP contribution in [0.2, 0.25) is 0 Å². The van der Waals surface area contributed by atoms with Crippen LogP contribution < -0.4 is 15.4 Å². The van der Waals surface area contributed by atoms with E-state index in [9.17, 15) is 18.8 Å². The SMILES string of the molecule is CCCC(=O)Nc1ccc2c(c1)C(=O)N(C)[C@@H]1CC[C@@H](CC(=O)NCc3ccccc3F)O[C@@H]1CO2. The molecule has 8 nitrogen and oxygen atoms in total. The maximum atomic E-state index is 13.8. The smallest absolute Gasteiger partial charge is 0.257 e. The Balaban J connectivity index is 1.38. The molecule has 0 saturated carbocycles. The number of likely N-dealkylation sites (N-methyl/N-ethyl adjacent to an activating group) is 1. The van der Waals surface area contributed by atoms with E-state index in [1.54, 1.807) is 48.3 Å². The van der Waals surface area contributed by atoms with E-state index < -0.39 is 6.10 Å². The van der Waals surface area contributed by atoms with Crippen LogP contribution in [-0.4, -0.2) is 54.5 Å². The van der Waals surface area contributed by atoms with Crippen LogP contribution in [0.3, 0.4) is 0 Å². The van der Waals surface area contributed by atoms with Crippen molar-refractivity contribution in [3.8, 4) is 5.75 Å². The molecule has 0 aliphatic carbocycles. The first kappa shape index (κ1) is 25.6. The van der Waals surface area contributed by atoms with Crippen molar-refractivity contribution in [1.82, 2.24) is 10.2 Å². The van der Waals surface area contributed by atoms with Crippen LogP contribution in [0.5, 0.6) is 5.75 Å². The first-order valence-electron chi connectivity index (χ1n) is 12.3. The van der Waals surface area contributed by atoms with Gasteiger partial charge < -0.3 is 25.0 Å². The number of hydrogen-bond donors (Lipinski definition) is 2. The van der Waals surface area contributed by atoms with Gasteiger partial charge in [0, 0.05) is 31.3 Å². The third-order valence-corrected chi connectivity index (χ3v) is 6.62. The van der Waals surface area contributed by atoms with Crippen molar-refractivity contribution in [1.29, 1.82) is 0 Å². The zero-order chi connectivity index (χ0) is 25.7. The fraction of sp³-hybridized carbons (Fsp3) is 0.444. The van der Waals surface area contributed by atoms with E-state index in [1.165, 1.54) is 6.07 Å². The number of nitrogens with zero attached hydrogens (tertiary/aromatic N) is 1. The Morgan fingerprint density at radius 2 is 1.94 bits per heavy atom. The van der Waals surface area contributed by atoms with Crippen LogP contribution in [0.25, 0.3) is 0 Å². The Morgan fingerprint density at radius 1 is 1.14 bits per heavy atom. The van der Waals surface area contributed by atoms with Crippen molar-refractivity contribution in [2.24, 2.45) is 0 Å². The Labute approximate surface area is 210 Å². The van der Waals surface area contributed by atoms with Crippen LogP contribution >= 0.6 is 0 Å². The third-order valence-electron chi connectivity index (χ3n) is 6.62. The number of carbonyl (C=O) groups excluding carboxylic acids is 3. The Morgan fingerprint density at radius 3 is 2.72 bits per heavy atom. The molecule has 1 saturated heterocycles. The van der Waals surface area contributed by atoms with Crippen LogP contribution in [0, 0.1) is 5.82 Å². The molecule has 36 heavy (non-hydrogen) atoms. The number of hydrogen-bond acceptors (Lipinski definition) is 5. The lowest BCUT2D eigenvalue weighted by Crippen LogP contribution is -2.53. The van der Waals surface area contributed by atoms with Gasteiger partial charge in [0.25, 0.3) is 5.91 Å². The molecule has 3 atom stereocenters. The summed E-state index contributed by atoms with van der Waals surface area (Å²) in [6.45, 7) is 2.27. The van der Waals surface area contributed by atoms with Crippen molar-refractivity contribution in [2.75, 3.05) is 19.0 Å². The van der Waals surface area contributed by atoms with E-state index in [-0.39, 0.29) is 55.3 Å². The zero-order valence-corrected chi connectivity index (χ0v) is 20.6. The molecule has 0 bridgehead atoms. The number of fused-ring (bicyclic) bond motifs is 2. The van der Waals surface area contributed by atoms with Crippen molar-refractivity contribution >= 4 is 23.4 Å². The molecule has 0 spiro atoms. The normalized spacial score (nSPS) is 21.4. The summed E-state index contributed by atoms with van der Waals surface area (Å²) in [5.74, 6) is -0.469. The van der Waals surface area contributed by atoms with Crippen LogP contribution in [-0.2, 0) is 20.9 Å². The van der Waals surface area contributed by atoms with E-state index in [4.69, 9.17) is 9.47 Å². The molecular weight excluding hydrogens is 465 g/mol. The molecular formula is C27H32FN3O5. The number of halogens is 1. The first-order valence-corrected chi connectivity index (χ1v) is 12.3. The summed E-state index contributed by atoms with van der Waals surface area (Å²) < 4.78 is 26.0. The summed E-state index contributed by atoms with van der Waals surface area (Å²) in [5.41, 5.74) is 1.37. The van der Waals surface area contributed by atoms with E-state index in [0.717, 1.165) is 6.42 Å². The lowest BCUT2D eigenvalue weighted by Gasteiger charge is -2.42. The van der Waals surface area contributed by atoms with E-state index in [2.05, 4.69) is 10.6 Å². The lowest BCUT2D eigenvalue weighted by atomic mass is 9.94. The van der Waals surface area contributed by atoms with Gasteiger partial charge in [0.2, 0.25) is 11.8 Å². The van der Waals surface area contributed by atoms with E-state index >= 15 is 0 Å². The summed E-state index contributed by atoms with van der Waals surface area (Å²) in [4.78, 5) is 39.4. The van der Waals surface area contributed by atoms with Gasteiger partial charge in [-0.05, 0) is 43.5 Å². The van der Waals surface area contributed by atoms with Gasteiger partial charge in [-0.3, -0.25) is 14.4 Å². The molecule has 2 N–H and O–H groups in total. The minimum absolute atomic E-state index is 0.102. The average Bonchev–Trinajstić information content (AvgIpc) is 2.86. The predicted octanol–water partition coefficient (Wildman–Crippen LogP) is 3.65. The fourth-order valence-corrected chi connectivity index (χ4v) is 4.67. The molecule has 1 fully saturated rings. The number of nitrogens with one attached hydrogen (secondary N) is 2. The highest BCUT2D eigenvalue weighted by Crippen LogP contribution is 2.32. The molecule has 2 aromatic carbocycles. The van der Waals surface area contributed by atoms with Crippen molar-refractivity contribution in [2.45, 2.75) is 63.8 Å². The summed E-state index contributed by atoms with van der Waals surface area (Å²) >= 11 is 0. The van der Waals surface area contributed by atoms with E-state index in [0.29, 0.717) is 41.8 Å². The number of amides is 3. The van der Waals surface area contributed by atoms with Gasteiger partial charge in [0.1, 0.15) is 24.3 Å². The predicted molar refractivity (Wildman–Crippen MR) is 132 cm³/mol. The quantitative estimate of drug-likeness (QED) is 0.609. The molecule has 3 amide bonds. The summed E-state index contributed by atoms with van der Waals surface area (Å²) in [5, 5.41) is 5.57. The minimum Gasteiger partial charge on any atom is -0.490 e. The van der Waals surface area contributed by atoms with Gasteiger partial charge in [-0.25, -0.2) is 4.39 Å². The van der Waals surface area contributed by atoms with Crippen molar-refractivity contribution in [3.05, 3.63) is 59.4 Å². The second kappa shape index (κ2) is 11.5. The summed E-state index contributed by atoms with van der Waals surface area (Å²) in [6, 6.07) is 11.2. The molecule has 0 radical (unpaired) electrons. The van der Waals surface area contributed by atoms with Gasteiger partial charge in [-0.15, -0.1) is 0 Å². The van der Waals surface area contributed by atoms with Crippen LogP contribution in [0.1, 0.15) is 54.9 Å². The average molecular weight is 498 g/mol. The zero-order valence-electron chi connectivity index (χ0n) is 20.6. The maximum Gasteiger partial charge on any atom is 0.257 e. The number of carbonyl (C=O) groups is 3. The monoisotopic (exact) mass is 497 g/mol. The molecule has 0 unspecified atom stereocenters. The Hall–Kier alpha value is -3.46. The third kappa shape index (κ3) is 6.02. The highest BCUT2D eigenvalue weighted by Gasteiger charge is 2.39. The number of anilines is 1. The number of ether oxygens (including phenoxy) is 2. The first-order chi connectivity index (χ1) is 17.4. The number of rotatable bonds is 7.